The van der Waals surface area contributed by atoms with E-state index in [1.165, 1.54) is 17.7 Å². The molecule has 0 atom stereocenters. The van der Waals surface area contributed by atoms with Gasteiger partial charge in [-0.05, 0) is 57.2 Å². The van der Waals surface area contributed by atoms with Crippen LogP contribution in [0, 0.1) is 0 Å². The Morgan fingerprint density at radius 3 is 2.15 bits per heavy atom. The van der Waals surface area contributed by atoms with Gasteiger partial charge < -0.3 is 24.8 Å². The molecule has 1 aliphatic rings. The van der Waals surface area contributed by atoms with Crippen LogP contribution in [0.5, 0.6) is 17.2 Å². The van der Waals surface area contributed by atoms with Crippen molar-refractivity contribution in [3.8, 4) is 17.2 Å². The normalized spacial score (nSPS) is 14.5. The predicted molar refractivity (Wildman–Crippen MR) is 130 cm³/mol. The summed E-state index contributed by atoms with van der Waals surface area (Å²) < 4.78 is 17.0. The van der Waals surface area contributed by atoms with Gasteiger partial charge in [-0.15, -0.1) is 11.3 Å². The van der Waals surface area contributed by atoms with Gasteiger partial charge in [0.15, 0.2) is 11.5 Å². The van der Waals surface area contributed by atoms with E-state index in [2.05, 4.69) is 28.1 Å². The summed E-state index contributed by atoms with van der Waals surface area (Å²) in [7, 11) is 0. The average molecular weight is 475 g/mol. The standard InChI is InChI=1S/C25H34N2O5S/c1-4-30-19-14-18(15-20(31-5-2)23(19)32-6-3)24(29)26-16-22(28)27-17-25(11-7-8-12-25)21-10-9-13-33-21/h9-10,13-15H,4-8,11-12,16-17H2,1-3H3,(H,26,29)(H,27,28). The number of hydrogen-bond donors (Lipinski definition) is 2. The smallest absolute Gasteiger partial charge is 0.251 e. The lowest BCUT2D eigenvalue weighted by molar-refractivity contribution is -0.120. The third-order valence-corrected chi connectivity index (χ3v) is 6.93. The van der Waals surface area contributed by atoms with Gasteiger partial charge in [0.1, 0.15) is 0 Å². The fourth-order valence-electron chi connectivity index (χ4n) is 4.26. The summed E-state index contributed by atoms with van der Waals surface area (Å²) in [6.45, 7) is 7.38. The Morgan fingerprint density at radius 1 is 0.970 bits per heavy atom. The summed E-state index contributed by atoms with van der Waals surface area (Å²) in [5.41, 5.74) is 0.367. The summed E-state index contributed by atoms with van der Waals surface area (Å²) in [6, 6.07) is 7.46. The lowest BCUT2D eigenvalue weighted by Crippen LogP contribution is -2.43. The molecule has 0 aliphatic heterocycles. The Balaban J connectivity index is 1.63. The molecule has 1 aromatic carbocycles. The lowest BCUT2D eigenvalue weighted by atomic mass is 9.84. The van der Waals surface area contributed by atoms with Crippen molar-refractivity contribution in [3.63, 3.8) is 0 Å². The van der Waals surface area contributed by atoms with E-state index in [-0.39, 0.29) is 23.8 Å². The van der Waals surface area contributed by atoms with E-state index in [1.807, 2.05) is 20.8 Å². The average Bonchev–Trinajstić information content (AvgIpc) is 3.51. The van der Waals surface area contributed by atoms with Gasteiger partial charge in [-0.25, -0.2) is 0 Å². The first-order chi connectivity index (χ1) is 16.0. The van der Waals surface area contributed by atoms with Gasteiger partial charge in [0.2, 0.25) is 11.7 Å². The number of thiophene rings is 1. The molecule has 8 heteroatoms. The van der Waals surface area contributed by atoms with Crippen molar-refractivity contribution in [2.24, 2.45) is 0 Å². The molecular weight excluding hydrogens is 440 g/mol. The van der Waals surface area contributed by atoms with Crippen LogP contribution in [-0.2, 0) is 10.2 Å². The minimum absolute atomic E-state index is 0.0156. The molecule has 180 valence electrons. The summed E-state index contributed by atoms with van der Waals surface area (Å²) in [5.74, 6) is 0.792. The van der Waals surface area contributed by atoms with E-state index >= 15 is 0 Å². The summed E-state index contributed by atoms with van der Waals surface area (Å²) >= 11 is 1.75. The molecule has 33 heavy (non-hydrogen) atoms. The number of benzene rings is 1. The molecule has 0 saturated heterocycles. The minimum Gasteiger partial charge on any atom is -0.490 e. The second kappa shape index (κ2) is 11.9. The number of carbonyl (C=O) groups is 2. The Morgan fingerprint density at radius 2 is 1.61 bits per heavy atom. The molecule has 1 aromatic heterocycles. The molecule has 0 spiro atoms. The Labute approximate surface area is 199 Å². The Bertz CT molecular complexity index is 896. The zero-order valence-corrected chi connectivity index (χ0v) is 20.5. The monoisotopic (exact) mass is 474 g/mol. The molecule has 0 unspecified atom stereocenters. The highest BCUT2D eigenvalue weighted by molar-refractivity contribution is 7.10. The highest BCUT2D eigenvalue weighted by Gasteiger charge is 2.36. The number of ether oxygens (including phenoxy) is 3. The summed E-state index contributed by atoms with van der Waals surface area (Å²) in [5, 5.41) is 7.83. The van der Waals surface area contributed by atoms with Crippen LogP contribution in [0.4, 0.5) is 0 Å². The maximum Gasteiger partial charge on any atom is 0.251 e. The molecular formula is C25H34N2O5S. The molecule has 1 fully saturated rings. The van der Waals surface area contributed by atoms with Crippen molar-refractivity contribution >= 4 is 23.2 Å². The summed E-state index contributed by atoms with van der Waals surface area (Å²) in [4.78, 5) is 26.7. The first-order valence-corrected chi connectivity index (χ1v) is 12.6. The van der Waals surface area contributed by atoms with Gasteiger partial charge in [-0.2, -0.15) is 0 Å². The Kier molecular flexibility index (Phi) is 9.00. The molecule has 0 bridgehead atoms. The zero-order valence-electron chi connectivity index (χ0n) is 19.7. The topological polar surface area (TPSA) is 85.9 Å². The van der Waals surface area contributed by atoms with Crippen LogP contribution < -0.4 is 24.8 Å². The van der Waals surface area contributed by atoms with Crippen molar-refractivity contribution < 1.29 is 23.8 Å². The molecule has 0 radical (unpaired) electrons. The van der Waals surface area contributed by atoms with Crippen LogP contribution in [0.2, 0.25) is 0 Å². The maximum absolute atomic E-state index is 12.8. The molecule has 1 aliphatic carbocycles. The van der Waals surface area contributed by atoms with Crippen LogP contribution in [0.25, 0.3) is 0 Å². The largest absolute Gasteiger partial charge is 0.490 e. The molecule has 2 amide bonds. The van der Waals surface area contributed by atoms with Gasteiger partial charge in [0, 0.05) is 22.4 Å². The molecule has 1 saturated carbocycles. The minimum atomic E-state index is -0.371. The van der Waals surface area contributed by atoms with E-state index in [4.69, 9.17) is 14.2 Å². The van der Waals surface area contributed by atoms with Gasteiger partial charge in [0.25, 0.3) is 5.91 Å². The van der Waals surface area contributed by atoms with Crippen LogP contribution in [0.1, 0.15) is 61.7 Å². The van der Waals surface area contributed by atoms with E-state index in [9.17, 15) is 9.59 Å². The number of rotatable bonds is 12. The van der Waals surface area contributed by atoms with Crippen LogP contribution >= 0.6 is 11.3 Å². The maximum atomic E-state index is 12.8. The van der Waals surface area contributed by atoms with Crippen molar-refractivity contribution in [1.82, 2.24) is 10.6 Å². The number of nitrogens with one attached hydrogen (secondary N) is 2. The predicted octanol–water partition coefficient (Wildman–Crippen LogP) is 4.30. The van der Waals surface area contributed by atoms with Gasteiger partial charge in [0.05, 0.1) is 26.4 Å². The number of amides is 2. The van der Waals surface area contributed by atoms with E-state index in [1.54, 1.807) is 23.5 Å². The number of carbonyl (C=O) groups excluding carboxylic acids is 2. The Hall–Kier alpha value is -2.74. The molecule has 7 nitrogen and oxygen atoms in total. The van der Waals surface area contributed by atoms with Gasteiger partial charge in [-0.1, -0.05) is 18.9 Å². The first kappa shape index (κ1) is 24.9. The van der Waals surface area contributed by atoms with Crippen LogP contribution in [0.15, 0.2) is 29.6 Å². The molecule has 2 aromatic rings. The molecule has 2 N–H and O–H groups in total. The second-order valence-electron chi connectivity index (χ2n) is 8.02. The van der Waals surface area contributed by atoms with Gasteiger partial charge >= 0.3 is 0 Å². The van der Waals surface area contributed by atoms with Crippen LogP contribution in [-0.4, -0.2) is 44.7 Å². The van der Waals surface area contributed by atoms with Crippen molar-refractivity contribution in [3.05, 3.63) is 40.1 Å². The highest BCUT2D eigenvalue weighted by atomic mass is 32.1. The third-order valence-electron chi connectivity index (χ3n) is 5.81. The fourth-order valence-corrected chi connectivity index (χ4v) is 5.24. The van der Waals surface area contributed by atoms with Crippen molar-refractivity contribution in [2.45, 2.75) is 51.9 Å². The van der Waals surface area contributed by atoms with E-state index < -0.39 is 0 Å². The lowest BCUT2D eigenvalue weighted by Gasteiger charge is -2.28. The van der Waals surface area contributed by atoms with Crippen molar-refractivity contribution in [2.75, 3.05) is 32.9 Å². The highest BCUT2D eigenvalue weighted by Crippen LogP contribution is 2.42. The molecule has 3 rings (SSSR count). The third kappa shape index (κ3) is 6.19. The first-order valence-electron chi connectivity index (χ1n) is 11.7. The second-order valence-corrected chi connectivity index (χ2v) is 8.97. The van der Waals surface area contributed by atoms with Crippen molar-refractivity contribution in [1.29, 1.82) is 0 Å². The number of hydrogen-bond acceptors (Lipinski definition) is 6. The zero-order chi connectivity index (χ0) is 23.7. The SMILES string of the molecule is CCOc1cc(C(=O)NCC(=O)NCC2(c3cccs3)CCCC2)cc(OCC)c1OCC. The summed E-state index contributed by atoms with van der Waals surface area (Å²) in [6.07, 6.45) is 4.50. The quantitative estimate of drug-likeness (QED) is 0.479. The van der Waals surface area contributed by atoms with E-state index in [0.717, 1.165) is 12.8 Å². The van der Waals surface area contributed by atoms with E-state index in [0.29, 0.717) is 49.2 Å². The fraction of sp³-hybridized carbons (Fsp3) is 0.520. The van der Waals surface area contributed by atoms with Gasteiger partial charge in [-0.3, -0.25) is 9.59 Å². The van der Waals surface area contributed by atoms with Crippen LogP contribution in [0.3, 0.4) is 0 Å². The molecule has 1 heterocycles.